The number of allylic oxidation sites excluding steroid dienone is 2. The molecular formula is C13H13N3O2. The number of pyridine rings is 1. The molecule has 1 aliphatic rings. The maximum absolute atomic E-state index is 11.8. The fraction of sp³-hybridized carbons (Fsp3) is 0.154. The van der Waals surface area contributed by atoms with Crippen LogP contribution in [0.2, 0.25) is 0 Å². The van der Waals surface area contributed by atoms with E-state index in [4.69, 9.17) is 11.5 Å². The summed E-state index contributed by atoms with van der Waals surface area (Å²) in [5.74, 6) is -1.06. The van der Waals surface area contributed by atoms with Crippen molar-refractivity contribution in [1.29, 1.82) is 0 Å². The molecule has 0 fully saturated rings. The summed E-state index contributed by atoms with van der Waals surface area (Å²) >= 11 is 0. The number of rotatable bonds is 3. The first-order valence-corrected chi connectivity index (χ1v) is 5.45. The van der Waals surface area contributed by atoms with Crippen molar-refractivity contribution in [3.8, 4) is 0 Å². The Morgan fingerprint density at radius 2 is 1.89 bits per heavy atom. The molecule has 1 aromatic rings. The number of amides is 2. The smallest absolute Gasteiger partial charge is 0.244 e. The van der Waals surface area contributed by atoms with Crippen LogP contribution in [0.25, 0.3) is 0 Å². The third kappa shape index (κ3) is 1.90. The zero-order valence-electron chi connectivity index (χ0n) is 9.67. The number of hydrogen-bond acceptors (Lipinski definition) is 3. The van der Waals surface area contributed by atoms with Gasteiger partial charge in [-0.2, -0.15) is 0 Å². The van der Waals surface area contributed by atoms with Gasteiger partial charge in [-0.05, 0) is 24.1 Å². The largest absolute Gasteiger partial charge is 0.369 e. The van der Waals surface area contributed by atoms with E-state index >= 15 is 0 Å². The molecule has 4 N–H and O–H groups in total. The molecule has 0 saturated heterocycles. The summed E-state index contributed by atoms with van der Waals surface area (Å²) in [5, 5.41) is 0. The van der Waals surface area contributed by atoms with Crippen LogP contribution in [0.5, 0.6) is 0 Å². The highest BCUT2D eigenvalue weighted by molar-refractivity contribution is 5.97. The van der Waals surface area contributed by atoms with Crippen molar-refractivity contribution in [2.75, 3.05) is 0 Å². The summed E-state index contributed by atoms with van der Waals surface area (Å²) in [6.07, 6.45) is 8.26. The van der Waals surface area contributed by atoms with Crippen LogP contribution in [0.4, 0.5) is 0 Å². The molecule has 92 valence electrons. The lowest BCUT2D eigenvalue weighted by molar-refractivity contribution is -0.122. The fourth-order valence-electron chi connectivity index (χ4n) is 2.08. The molecule has 1 aliphatic carbocycles. The summed E-state index contributed by atoms with van der Waals surface area (Å²) in [7, 11) is 0. The molecule has 0 aromatic carbocycles. The normalized spacial score (nSPS) is 22.3. The van der Waals surface area contributed by atoms with Gasteiger partial charge in [0.05, 0.1) is 5.41 Å². The summed E-state index contributed by atoms with van der Waals surface area (Å²) in [6, 6.07) is 3.41. The van der Waals surface area contributed by atoms with E-state index in [1.807, 2.05) is 0 Å². The van der Waals surface area contributed by atoms with Crippen LogP contribution < -0.4 is 11.5 Å². The summed E-state index contributed by atoms with van der Waals surface area (Å²) in [5.41, 5.74) is 10.8. The molecule has 18 heavy (non-hydrogen) atoms. The SMILES string of the molecule is NC(=O)C1=CC=CC(C(N)=O)(c2ccncc2)C1. The Morgan fingerprint density at radius 1 is 1.22 bits per heavy atom. The summed E-state index contributed by atoms with van der Waals surface area (Å²) < 4.78 is 0. The highest BCUT2D eigenvalue weighted by Crippen LogP contribution is 2.35. The molecule has 5 nitrogen and oxygen atoms in total. The van der Waals surface area contributed by atoms with Gasteiger partial charge in [-0.1, -0.05) is 18.2 Å². The third-order valence-corrected chi connectivity index (χ3v) is 3.10. The lowest BCUT2D eigenvalue weighted by atomic mass is 9.72. The number of aromatic nitrogens is 1. The summed E-state index contributed by atoms with van der Waals surface area (Å²) in [4.78, 5) is 27.0. The van der Waals surface area contributed by atoms with Crippen LogP contribution in [0.15, 0.2) is 48.3 Å². The van der Waals surface area contributed by atoms with Crippen molar-refractivity contribution in [3.05, 3.63) is 53.9 Å². The molecular weight excluding hydrogens is 230 g/mol. The number of hydrogen-bond donors (Lipinski definition) is 2. The van der Waals surface area contributed by atoms with Gasteiger partial charge in [-0.25, -0.2) is 0 Å². The molecule has 0 aliphatic heterocycles. The quantitative estimate of drug-likeness (QED) is 0.791. The van der Waals surface area contributed by atoms with E-state index in [0.29, 0.717) is 11.1 Å². The van der Waals surface area contributed by atoms with E-state index in [1.54, 1.807) is 42.8 Å². The van der Waals surface area contributed by atoms with Gasteiger partial charge in [-0.15, -0.1) is 0 Å². The number of carbonyl (C=O) groups is 2. The van der Waals surface area contributed by atoms with Crippen LogP contribution >= 0.6 is 0 Å². The molecule has 1 unspecified atom stereocenters. The van der Waals surface area contributed by atoms with Gasteiger partial charge in [-0.3, -0.25) is 14.6 Å². The van der Waals surface area contributed by atoms with Gasteiger partial charge in [0.25, 0.3) is 0 Å². The van der Waals surface area contributed by atoms with E-state index in [9.17, 15) is 9.59 Å². The molecule has 2 rings (SSSR count). The topological polar surface area (TPSA) is 99.1 Å². The zero-order valence-corrected chi connectivity index (χ0v) is 9.67. The lowest BCUT2D eigenvalue weighted by Gasteiger charge is -2.30. The van der Waals surface area contributed by atoms with Gasteiger partial charge < -0.3 is 11.5 Å². The van der Waals surface area contributed by atoms with Crippen LogP contribution in [-0.2, 0) is 15.0 Å². The third-order valence-electron chi connectivity index (χ3n) is 3.10. The van der Waals surface area contributed by atoms with Gasteiger partial charge in [0.2, 0.25) is 11.8 Å². The maximum Gasteiger partial charge on any atom is 0.244 e. The molecule has 5 heteroatoms. The lowest BCUT2D eigenvalue weighted by Crippen LogP contribution is -2.42. The van der Waals surface area contributed by atoms with Crippen LogP contribution in [0, 0.1) is 0 Å². The van der Waals surface area contributed by atoms with Crippen molar-refractivity contribution in [2.45, 2.75) is 11.8 Å². The molecule has 0 bridgehead atoms. The molecule has 1 aromatic heterocycles. The average molecular weight is 243 g/mol. The molecule has 0 radical (unpaired) electrons. The Labute approximate surface area is 104 Å². The van der Waals surface area contributed by atoms with Crippen LogP contribution in [-0.4, -0.2) is 16.8 Å². The Balaban J connectivity index is 2.49. The van der Waals surface area contributed by atoms with Gasteiger partial charge in [0.15, 0.2) is 0 Å². The van der Waals surface area contributed by atoms with Crippen LogP contribution in [0.1, 0.15) is 12.0 Å². The van der Waals surface area contributed by atoms with E-state index < -0.39 is 17.2 Å². The molecule has 1 heterocycles. The first kappa shape index (κ1) is 12.0. The number of primary amides is 2. The Hall–Kier alpha value is -2.43. The average Bonchev–Trinajstić information content (AvgIpc) is 2.39. The van der Waals surface area contributed by atoms with Crippen molar-refractivity contribution in [3.63, 3.8) is 0 Å². The van der Waals surface area contributed by atoms with Crippen molar-refractivity contribution in [1.82, 2.24) is 4.98 Å². The first-order valence-electron chi connectivity index (χ1n) is 5.45. The Bertz CT molecular complexity index is 549. The highest BCUT2D eigenvalue weighted by atomic mass is 16.1. The second-order valence-electron chi connectivity index (χ2n) is 4.16. The summed E-state index contributed by atoms with van der Waals surface area (Å²) in [6.45, 7) is 0. The second kappa shape index (κ2) is 4.44. The number of nitrogens with two attached hydrogens (primary N) is 2. The first-order chi connectivity index (χ1) is 8.56. The van der Waals surface area contributed by atoms with Crippen molar-refractivity contribution >= 4 is 11.8 Å². The predicted molar refractivity (Wildman–Crippen MR) is 66.1 cm³/mol. The minimum atomic E-state index is -1.03. The molecule has 1 atom stereocenters. The minimum Gasteiger partial charge on any atom is -0.369 e. The predicted octanol–water partition coefficient (Wildman–Crippen LogP) is 0.176. The monoisotopic (exact) mass is 243 g/mol. The Morgan fingerprint density at radius 3 is 2.44 bits per heavy atom. The van der Waals surface area contributed by atoms with Crippen molar-refractivity contribution < 1.29 is 9.59 Å². The van der Waals surface area contributed by atoms with E-state index in [2.05, 4.69) is 4.98 Å². The van der Waals surface area contributed by atoms with Gasteiger partial charge >= 0.3 is 0 Å². The van der Waals surface area contributed by atoms with E-state index in [1.165, 1.54) is 0 Å². The maximum atomic E-state index is 11.8. The minimum absolute atomic E-state index is 0.179. The number of carbonyl (C=O) groups excluding carboxylic acids is 2. The highest BCUT2D eigenvalue weighted by Gasteiger charge is 2.39. The molecule has 2 amide bonds. The number of nitrogens with zero attached hydrogens (tertiary/aromatic N) is 1. The standard InChI is InChI=1S/C13H13N3O2/c14-11(17)9-2-1-5-13(8-9,12(15)18)10-3-6-16-7-4-10/h1-7H,8H2,(H2,14,17)(H2,15,18). The van der Waals surface area contributed by atoms with Gasteiger partial charge in [0.1, 0.15) is 0 Å². The molecule has 0 spiro atoms. The fourth-order valence-corrected chi connectivity index (χ4v) is 2.08. The van der Waals surface area contributed by atoms with E-state index in [0.717, 1.165) is 0 Å². The Kier molecular flexibility index (Phi) is 2.97. The van der Waals surface area contributed by atoms with E-state index in [-0.39, 0.29) is 6.42 Å². The molecule has 0 saturated carbocycles. The van der Waals surface area contributed by atoms with Crippen molar-refractivity contribution in [2.24, 2.45) is 11.5 Å². The van der Waals surface area contributed by atoms with Gasteiger partial charge in [0, 0.05) is 18.0 Å². The zero-order chi connectivity index (χ0) is 13.2. The second-order valence-corrected chi connectivity index (χ2v) is 4.16. The van der Waals surface area contributed by atoms with Crippen LogP contribution in [0.3, 0.4) is 0 Å².